The first kappa shape index (κ1) is 12.6. The summed E-state index contributed by atoms with van der Waals surface area (Å²) in [6.45, 7) is 5.39. The molecule has 0 atom stereocenters. The van der Waals surface area contributed by atoms with Gasteiger partial charge in [-0.2, -0.15) is 0 Å². The van der Waals surface area contributed by atoms with Gasteiger partial charge in [-0.05, 0) is 19.9 Å². The fourth-order valence-electron chi connectivity index (χ4n) is 1.36. The molecular formula is C12H20N2O2. The molecule has 3 N–H and O–H groups in total. The third-order valence-corrected chi connectivity index (χ3v) is 1.94. The Morgan fingerprint density at radius 2 is 2.06 bits per heavy atom. The lowest BCUT2D eigenvalue weighted by molar-refractivity contribution is 0.210. The smallest absolute Gasteiger partial charge is 0.123 e. The molecule has 1 aromatic rings. The van der Waals surface area contributed by atoms with Crippen molar-refractivity contribution in [3.05, 3.63) is 18.2 Å². The van der Waals surface area contributed by atoms with E-state index in [9.17, 15) is 0 Å². The first-order chi connectivity index (χ1) is 7.61. The second-order valence-corrected chi connectivity index (χ2v) is 3.88. The number of ether oxygens (including phenoxy) is 2. The van der Waals surface area contributed by atoms with Crippen LogP contribution in [-0.2, 0) is 4.74 Å². The van der Waals surface area contributed by atoms with Crippen LogP contribution in [0.4, 0.5) is 11.4 Å². The Balaban J connectivity index is 2.65. The summed E-state index contributed by atoms with van der Waals surface area (Å²) in [5, 5.41) is 3.22. The lowest BCUT2D eigenvalue weighted by Gasteiger charge is -2.13. The lowest BCUT2D eigenvalue weighted by Crippen LogP contribution is -2.09. The molecule has 4 heteroatoms. The molecule has 1 rings (SSSR count). The standard InChI is InChI=1S/C12H20N2O2/c1-9(2)16-12-7-10(13)6-11(8-12)14-4-5-15-3/h6-9,14H,4-5,13H2,1-3H3. The molecule has 0 heterocycles. The summed E-state index contributed by atoms with van der Waals surface area (Å²) >= 11 is 0. The molecule has 0 aliphatic heterocycles. The van der Waals surface area contributed by atoms with Gasteiger partial charge in [-0.25, -0.2) is 0 Å². The van der Waals surface area contributed by atoms with Crippen molar-refractivity contribution < 1.29 is 9.47 Å². The number of hydrogen-bond donors (Lipinski definition) is 2. The molecule has 0 radical (unpaired) electrons. The van der Waals surface area contributed by atoms with Crippen LogP contribution >= 0.6 is 0 Å². The van der Waals surface area contributed by atoms with E-state index in [4.69, 9.17) is 15.2 Å². The van der Waals surface area contributed by atoms with E-state index in [1.165, 1.54) is 0 Å². The van der Waals surface area contributed by atoms with E-state index in [1.54, 1.807) is 7.11 Å². The molecule has 0 spiro atoms. The molecule has 0 saturated heterocycles. The van der Waals surface area contributed by atoms with Crippen LogP contribution in [-0.4, -0.2) is 26.4 Å². The number of nitrogens with two attached hydrogens (primary N) is 1. The topological polar surface area (TPSA) is 56.5 Å². The van der Waals surface area contributed by atoms with Crippen LogP contribution in [0, 0.1) is 0 Å². The van der Waals surface area contributed by atoms with Crippen LogP contribution in [0.1, 0.15) is 13.8 Å². The second kappa shape index (κ2) is 6.23. The van der Waals surface area contributed by atoms with Crippen molar-refractivity contribution in [2.45, 2.75) is 20.0 Å². The normalized spacial score (nSPS) is 10.5. The minimum Gasteiger partial charge on any atom is -0.491 e. The van der Waals surface area contributed by atoms with Gasteiger partial charge in [-0.15, -0.1) is 0 Å². The summed E-state index contributed by atoms with van der Waals surface area (Å²) < 4.78 is 10.6. The van der Waals surface area contributed by atoms with Crippen molar-refractivity contribution in [1.29, 1.82) is 0 Å². The van der Waals surface area contributed by atoms with E-state index < -0.39 is 0 Å². The van der Waals surface area contributed by atoms with Gasteiger partial charge in [0.1, 0.15) is 5.75 Å². The lowest BCUT2D eigenvalue weighted by atomic mass is 10.2. The van der Waals surface area contributed by atoms with Crippen molar-refractivity contribution in [3.8, 4) is 5.75 Å². The van der Waals surface area contributed by atoms with E-state index in [0.29, 0.717) is 12.3 Å². The number of anilines is 2. The van der Waals surface area contributed by atoms with Gasteiger partial charge >= 0.3 is 0 Å². The number of rotatable bonds is 6. The summed E-state index contributed by atoms with van der Waals surface area (Å²) in [6, 6.07) is 5.64. The summed E-state index contributed by atoms with van der Waals surface area (Å²) in [4.78, 5) is 0. The van der Waals surface area contributed by atoms with Crippen LogP contribution in [0.25, 0.3) is 0 Å². The third-order valence-electron chi connectivity index (χ3n) is 1.94. The van der Waals surface area contributed by atoms with Crippen molar-refractivity contribution >= 4 is 11.4 Å². The average Bonchev–Trinajstić information content (AvgIpc) is 2.16. The van der Waals surface area contributed by atoms with Crippen molar-refractivity contribution in [1.82, 2.24) is 0 Å². The summed E-state index contributed by atoms with van der Waals surface area (Å²) in [7, 11) is 1.67. The molecular weight excluding hydrogens is 204 g/mol. The first-order valence-corrected chi connectivity index (χ1v) is 5.42. The number of nitrogens with one attached hydrogen (secondary N) is 1. The number of nitrogen functional groups attached to an aromatic ring is 1. The highest BCUT2D eigenvalue weighted by molar-refractivity contribution is 5.59. The molecule has 0 amide bonds. The highest BCUT2D eigenvalue weighted by atomic mass is 16.5. The molecule has 0 aliphatic rings. The van der Waals surface area contributed by atoms with E-state index in [2.05, 4.69) is 5.32 Å². The molecule has 1 aromatic carbocycles. The fraction of sp³-hybridized carbons (Fsp3) is 0.500. The van der Waals surface area contributed by atoms with Crippen LogP contribution in [0.15, 0.2) is 18.2 Å². The van der Waals surface area contributed by atoms with Gasteiger partial charge in [-0.1, -0.05) is 0 Å². The van der Waals surface area contributed by atoms with Gasteiger partial charge in [0.2, 0.25) is 0 Å². The van der Waals surface area contributed by atoms with E-state index >= 15 is 0 Å². The molecule has 0 unspecified atom stereocenters. The van der Waals surface area contributed by atoms with Gasteiger partial charge in [0, 0.05) is 37.2 Å². The Morgan fingerprint density at radius 1 is 1.31 bits per heavy atom. The van der Waals surface area contributed by atoms with Crippen LogP contribution < -0.4 is 15.8 Å². The van der Waals surface area contributed by atoms with Crippen LogP contribution in [0.5, 0.6) is 5.75 Å². The highest BCUT2D eigenvalue weighted by Gasteiger charge is 2.01. The minimum absolute atomic E-state index is 0.147. The Hall–Kier alpha value is -1.42. The quantitative estimate of drug-likeness (QED) is 0.574. The zero-order chi connectivity index (χ0) is 12.0. The SMILES string of the molecule is COCCNc1cc(N)cc(OC(C)C)c1. The van der Waals surface area contributed by atoms with Gasteiger partial charge in [0.15, 0.2) is 0 Å². The molecule has 0 saturated carbocycles. The fourth-order valence-corrected chi connectivity index (χ4v) is 1.36. The number of hydrogen-bond acceptors (Lipinski definition) is 4. The zero-order valence-electron chi connectivity index (χ0n) is 10.1. The van der Waals surface area contributed by atoms with E-state index in [-0.39, 0.29) is 6.10 Å². The van der Waals surface area contributed by atoms with Crippen LogP contribution in [0.3, 0.4) is 0 Å². The Bertz CT molecular complexity index is 327. The van der Waals surface area contributed by atoms with Gasteiger partial charge in [0.25, 0.3) is 0 Å². The van der Waals surface area contributed by atoms with Gasteiger partial charge in [0.05, 0.1) is 12.7 Å². The summed E-state index contributed by atoms with van der Waals surface area (Å²) in [6.07, 6.45) is 0.147. The highest BCUT2D eigenvalue weighted by Crippen LogP contribution is 2.23. The number of benzene rings is 1. The monoisotopic (exact) mass is 224 g/mol. The molecule has 90 valence electrons. The third kappa shape index (κ3) is 4.40. The zero-order valence-corrected chi connectivity index (χ0v) is 10.1. The van der Waals surface area contributed by atoms with E-state index in [1.807, 2.05) is 32.0 Å². The maximum Gasteiger partial charge on any atom is 0.123 e. The minimum atomic E-state index is 0.147. The predicted molar refractivity (Wildman–Crippen MR) is 67.0 cm³/mol. The maximum atomic E-state index is 5.79. The molecule has 0 aromatic heterocycles. The van der Waals surface area contributed by atoms with Gasteiger partial charge < -0.3 is 20.5 Å². The van der Waals surface area contributed by atoms with Crippen LogP contribution in [0.2, 0.25) is 0 Å². The predicted octanol–water partition coefficient (Wildman–Crippen LogP) is 2.11. The molecule has 0 aliphatic carbocycles. The van der Waals surface area contributed by atoms with Crippen molar-refractivity contribution in [3.63, 3.8) is 0 Å². The second-order valence-electron chi connectivity index (χ2n) is 3.88. The average molecular weight is 224 g/mol. The Labute approximate surface area is 96.7 Å². The Morgan fingerprint density at radius 3 is 2.69 bits per heavy atom. The molecule has 0 bridgehead atoms. The summed E-state index contributed by atoms with van der Waals surface area (Å²) in [5.41, 5.74) is 7.43. The van der Waals surface area contributed by atoms with E-state index in [0.717, 1.165) is 18.0 Å². The molecule has 4 nitrogen and oxygen atoms in total. The molecule has 16 heavy (non-hydrogen) atoms. The maximum absolute atomic E-state index is 5.79. The Kier molecular flexibility index (Phi) is 4.92. The largest absolute Gasteiger partial charge is 0.491 e. The number of methoxy groups -OCH3 is 1. The van der Waals surface area contributed by atoms with Gasteiger partial charge in [-0.3, -0.25) is 0 Å². The summed E-state index contributed by atoms with van der Waals surface area (Å²) in [5.74, 6) is 0.787. The first-order valence-electron chi connectivity index (χ1n) is 5.42. The van der Waals surface area contributed by atoms with Crippen molar-refractivity contribution in [2.24, 2.45) is 0 Å². The molecule has 0 fully saturated rings. The van der Waals surface area contributed by atoms with Crippen molar-refractivity contribution in [2.75, 3.05) is 31.3 Å².